The molecule has 1 unspecified atom stereocenters. The van der Waals surface area contributed by atoms with Crippen molar-refractivity contribution in [2.45, 2.75) is 26.2 Å². The molecule has 3 rings (SSSR count). The summed E-state index contributed by atoms with van der Waals surface area (Å²) in [7, 11) is 0. The zero-order chi connectivity index (χ0) is 13.2. The van der Waals surface area contributed by atoms with E-state index in [0.29, 0.717) is 5.78 Å². The molecule has 19 heavy (non-hydrogen) atoms. The summed E-state index contributed by atoms with van der Waals surface area (Å²) in [5.74, 6) is 0.472. The first-order valence-electron chi connectivity index (χ1n) is 6.92. The van der Waals surface area contributed by atoms with Crippen molar-refractivity contribution in [2.75, 3.05) is 0 Å². The van der Waals surface area contributed by atoms with Crippen LogP contribution in [0.1, 0.15) is 33.5 Å². The molecule has 0 radical (unpaired) electrons. The maximum absolute atomic E-state index is 12.5. The second-order valence-corrected chi connectivity index (χ2v) is 5.45. The minimum atomic E-state index is 0.150. The standard InChI is InChI=1S/C18H18O/c1-13-5-4-6-14(11-13)12-16-10-9-15-7-2-3-8-17(15)18(16)19/h2-8,11,16H,9-10,12H2,1H3. The fourth-order valence-electron chi connectivity index (χ4n) is 2.98. The third-order valence-electron chi connectivity index (χ3n) is 3.98. The number of ketones is 1. The molecule has 0 fully saturated rings. The molecule has 1 atom stereocenters. The third kappa shape index (κ3) is 2.46. The number of fused-ring (bicyclic) bond motifs is 1. The zero-order valence-corrected chi connectivity index (χ0v) is 11.2. The highest BCUT2D eigenvalue weighted by molar-refractivity contribution is 6.00. The van der Waals surface area contributed by atoms with E-state index in [0.717, 1.165) is 24.8 Å². The van der Waals surface area contributed by atoms with Crippen molar-refractivity contribution in [3.63, 3.8) is 0 Å². The summed E-state index contributed by atoms with van der Waals surface area (Å²) in [6.45, 7) is 2.10. The van der Waals surface area contributed by atoms with Crippen molar-refractivity contribution in [1.82, 2.24) is 0 Å². The lowest BCUT2D eigenvalue weighted by molar-refractivity contribution is 0.0901. The van der Waals surface area contributed by atoms with Gasteiger partial charge in [-0.05, 0) is 37.3 Å². The largest absolute Gasteiger partial charge is 0.294 e. The van der Waals surface area contributed by atoms with Crippen LogP contribution < -0.4 is 0 Å². The first-order chi connectivity index (χ1) is 9.24. The quantitative estimate of drug-likeness (QED) is 0.787. The van der Waals surface area contributed by atoms with Crippen LogP contribution in [0.5, 0.6) is 0 Å². The van der Waals surface area contributed by atoms with Gasteiger partial charge < -0.3 is 0 Å². The number of carbonyl (C=O) groups is 1. The van der Waals surface area contributed by atoms with Crippen LogP contribution >= 0.6 is 0 Å². The van der Waals surface area contributed by atoms with Crippen molar-refractivity contribution in [1.29, 1.82) is 0 Å². The van der Waals surface area contributed by atoms with E-state index in [1.54, 1.807) is 0 Å². The van der Waals surface area contributed by atoms with E-state index < -0.39 is 0 Å². The summed E-state index contributed by atoms with van der Waals surface area (Å²) in [4.78, 5) is 12.5. The molecule has 2 aromatic rings. The van der Waals surface area contributed by atoms with E-state index in [2.05, 4.69) is 37.3 Å². The van der Waals surface area contributed by atoms with Crippen LogP contribution in [0, 0.1) is 12.8 Å². The molecule has 0 saturated heterocycles. The monoisotopic (exact) mass is 250 g/mol. The Balaban J connectivity index is 1.83. The maximum atomic E-state index is 12.5. The van der Waals surface area contributed by atoms with Crippen LogP contribution in [0.4, 0.5) is 0 Å². The molecule has 0 amide bonds. The van der Waals surface area contributed by atoms with Crippen molar-refractivity contribution in [3.8, 4) is 0 Å². The Kier molecular flexibility index (Phi) is 3.20. The van der Waals surface area contributed by atoms with E-state index in [1.165, 1.54) is 16.7 Å². The van der Waals surface area contributed by atoms with Gasteiger partial charge in [0.1, 0.15) is 0 Å². The highest BCUT2D eigenvalue weighted by Gasteiger charge is 2.26. The van der Waals surface area contributed by atoms with Crippen molar-refractivity contribution >= 4 is 5.78 Å². The van der Waals surface area contributed by atoms with Crippen molar-refractivity contribution < 1.29 is 4.79 Å². The molecule has 2 aromatic carbocycles. The number of hydrogen-bond acceptors (Lipinski definition) is 1. The predicted octanol–water partition coefficient (Wildman–Crippen LogP) is 3.98. The van der Waals surface area contributed by atoms with E-state index >= 15 is 0 Å². The molecule has 0 aliphatic heterocycles. The Hall–Kier alpha value is -1.89. The van der Waals surface area contributed by atoms with Gasteiger partial charge in [0.05, 0.1) is 0 Å². The van der Waals surface area contributed by atoms with Gasteiger partial charge in [-0.1, -0.05) is 54.1 Å². The average molecular weight is 250 g/mol. The Morgan fingerprint density at radius 1 is 1.11 bits per heavy atom. The van der Waals surface area contributed by atoms with Gasteiger partial charge in [-0.25, -0.2) is 0 Å². The lowest BCUT2D eigenvalue weighted by Gasteiger charge is -2.23. The summed E-state index contributed by atoms with van der Waals surface area (Å²) >= 11 is 0. The van der Waals surface area contributed by atoms with Crippen LogP contribution in [0.3, 0.4) is 0 Å². The van der Waals surface area contributed by atoms with Gasteiger partial charge in [0.2, 0.25) is 0 Å². The van der Waals surface area contributed by atoms with E-state index in [-0.39, 0.29) is 5.92 Å². The maximum Gasteiger partial charge on any atom is 0.166 e. The van der Waals surface area contributed by atoms with Gasteiger partial charge in [-0.3, -0.25) is 4.79 Å². The highest BCUT2D eigenvalue weighted by atomic mass is 16.1. The first kappa shape index (κ1) is 12.2. The van der Waals surface area contributed by atoms with Gasteiger partial charge >= 0.3 is 0 Å². The number of rotatable bonds is 2. The van der Waals surface area contributed by atoms with Crippen LogP contribution in [-0.2, 0) is 12.8 Å². The average Bonchev–Trinajstić information content (AvgIpc) is 2.42. The molecule has 0 saturated carbocycles. The second kappa shape index (κ2) is 5.00. The van der Waals surface area contributed by atoms with E-state index in [4.69, 9.17) is 0 Å². The third-order valence-corrected chi connectivity index (χ3v) is 3.98. The van der Waals surface area contributed by atoms with Crippen molar-refractivity contribution in [3.05, 3.63) is 70.8 Å². The lowest BCUT2D eigenvalue weighted by Crippen LogP contribution is -2.24. The molecule has 1 heteroatoms. The number of benzene rings is 2. The van der Waals surface area contributed by atoms with Gasteiger partial charge in [0.15, 0.2) is 5.78 Å². The summed E-state index contributed by atoms with van der Waals surface area (Å²) < 4.78 is 0. The number of Topliss-reactive ketones (excluding diaryl/α,β-unsaturated/α-hetero) is 1. The minimum absolute atomic E-state index is 0.150. The number of aryl methyl sites for hydroxylation is 2. The highest BCUT2D eigenvalue weighted by Crippen LogP contribution is 2.28. The summed E-state index contributed by atoms with van der Waals surface area (Å²) in [6.07, 6.45) is 2.87. The Morgan fingerprint density at radius 2 is 1.95 bits per heavy atom. The van der Waals surface area contributed by atoms with Crippen molar-refractivity contribution in [2.24, 2.45) is 5.92 Å². The fraction of sp³-hybridized carbons (Fsp3) is 0.278. The van der Waals surface area contributed by atoms with Gasteiger partial charge in [0.25, 0.3) is 0 Å². The van der Waals surface area contributed by atoms with Gasteiger partial charge in [-0.2, -0.15) is 0 Å². The van der Waals surface area contributed by atoms with Crippen LogP contribution in [-0.4, -0.2) is 5.78 Å². The smallest absolute Gasteiger partial charge is 0.166 e. The molecule has 0 aromatic heterocycles. The topological polar surface area (TPSA) is 17.1 Å². The zero-order valence-electron chi connectivity index (χ0n) is 11.2. The molecule has 0 heterocycles. The summed E-state index contributed by atoms with van der Waals surface area (Å²) in [5, 5.41) is 0. The Labute approximate surface area is 114 Å². The predicted molar refractivity (Wildman–Crippen MR) is 77.5 cm³/mol. The first-order valence-corrected chi connectivity index (χ1v) is 6.92. The molecule has 1 nitrogen and oxygen atoms in total. The Morgan fingerprint density at radius 3 is 2.79 bits per heavy atom. The van der Waals surface area contributed by atoms with Crippen LogP contribution in [0.15, 0.2) is 48.5 Å². The molecule has 96 valence electrons. The molecule has 1 aliphatic rings. The van der Waals surface area contributed by atoms with Crippen LogP contribution in [0.25, 0.3) is 0 Å². The second-order valence-electron chi connectivity index (χ2n) is 5.45. The van der Waals surface area contributed by atoms with Crippen LogP contribution in [0.2, 0.25) is 0 Å². The molecule has 1 aliphatic carbocycles. The molecule has 0 N–H and O–H groups in total. The lowest BCUT2D eigenvalue weighted by atomic mass is 9.80. The number of carbonyl (C=O) groups excluding carboxylic acids is 1. The molecule has 0 spiro atoms. The number of hydrogen-bond donors (Lipinski definition) is 0. The normalized spacial score (nSPS) is 18.2. The van der Waals surface area contributed by atoms with E-state index in [1.807, 2.05) is 18.2 Å². The Bertz CT molecular complexity index is 613. The minimum Gasteiger partial charge on any atom is -0.294 e. The summed E-state index contributed by atoms with van der Waals surface area (Å²) in [6, 6.07) is 16.5. The fourth-order valence-corrected chi connectivity index (χ4v) is 2.98. The summed E-state index contributed by atoms with van der Waals surface area (Å²) in [5.41, 5.74) is 4.69. The molecular weight excluding hydrogens is 232 g/mol. The molecular formula is C18H18O. The SMILES string of the molecule is Cc1cccc(CC2CCc3ccccc3C2=O)c1. The van der Waals surface area contributed by atoms with Gasteiger partial charge in [0, 0.05) is 11.5 Å². The van der Waals surface area contributed by atoms with E-state index in [9.17, 15) is 4.79 Å². The van der Waals surface area contributed by atoms with Gasteiger partial charge in [-0.15, -0.1) is 0 Å². The molecule has 0 bridgehead atoms.